The number of nitrogens with two attached hydrogens (primary N) is 1. The molecule has 1 aromatic heterocycles. The summed E-state index contributed by atoms with van der Waals surface area (Å²) in [5.74, 6) is 7.86. The number of nitrogen functional groups attached to an aromatic ring is 1. The number of carbonyl (C=O) groups excluding carboxylic acids is 1. The first kappa shape index (κ1) is 17.6. The predicted molar refractivity (Wildman–Crippen MR) is 97.0 cm³/mol. The molecule has 0 spiro atoms. The lowest BCUT2D eigenvalue weighted by atomic mass is 10.1. The van der Waals surface area contributed by atoms with Gasteiger partial charge in [0, 0.05) is 13.1 Å². The maximum absolute atomic E-state index is 12.1. The quantitative estimate of drug-likeness (QED) is 0.625. The predicted octanol–water partition coefficient (Wildman–Crippen LogP) is 1.90. The molecule has 3 rings (SSSR count). The molecule has 1 aromatic carbocycles. The van der Waals surface area contributed by atoms with E-state index in [1.807, 2.05) is 36.9 Å². The van der Waals surface area contributed by atoms with Gasteiger partial charge in [0.05, 0.1) is 5.75 Å². The van der Waals surface area contributed by atoms with Crippen LogP contribution in [0.2, 0.25) is 0 Å². The zero-order chi connectivity index (χ0) is 17.8. The monoisotopic (exact) mass is 361 g/mol. The Morgan fingerprint density at radius 2 is 1.92 bits per heavy atom. The number of hydrogen-bond donors (Lipinski definition) is 1. The Bertz CT molecular complexity index is 735. The molecule has 2 N–H and O–H groups in total. The second-order valence-corrected chi connectivity index (χ2v) is 7.10. The number of thioether (sulfide) groups is 1. The van der Waals surface area contributed by atoms with Gasteiger partial charge in [0.2, 0.25) is 11.1 Å². The number of hydrogen-bond acceptors (Lipinski definition) is 6. The van der Waals surface area contributed by atoms with Gasteiger partial charge in [0.1, 0.15) is 12.4 Å². The number of nitrogens with zero attached hydrogens (tertiary/aromatic N) is 4. The molecule has 2 heterocycles. The number of carbonyl (C=O) groups is 1. The highest BCUT2D eigenvalue weighted by Gasteiger charge is 2.19. The number of rotatable bonds is 6. The van der Waals surface area contributed by atoms with Crippen molar-refractivity contribution in [1.82, 2.24) is 19.8 Å². The molecule has 0 saturated carbocycles. The molecule has 0 unspecified atom stereocenters. The first-order chi connectivity index (χ1) is 12.1. The molecule has 0 aliphatic carbocycles. The SMILES string of the molecule is Cc1cccc(C)c1OCc1nnc(SCC(=O)N2CCCC2)n1N. The van der Waals surface area contributed by atoms with Crippen molar-refractivity contribution < 1.29 is 9.53 Å². The second kappa shape index (κ2) is 7.77. The highest BCUT2D eigenvalue weighted by Crippen LogP contribution is 2.24. The lowest BCUT2D eigenvalue weighted by Gasteiger charge is -2.14. The van der Waals surface area contributed by atoms with Crippen LogP contribution >= 0.6 is 11.8 Å². The standard InChI is InChI=1S/C17H23N5O2S/c1-12-6-5-7-13(2)16(12)24-10-14-19-20-17(22(14)18)25-11-15(23)21-8-3-4-9-21/h5-7H,3-4,8-11,18H2,1-2H3. The van der Waals surface area contributed by atoms with Gasteiger partial charge in [-0.25, -0.2) is 4.68 Å². The van der Waals surface area contributed by atoms with E-state index in [-0.39, 0.29) is 12.5 Å². The number of aryl methyl sites for hydroxylation is 2. The third kappa shape index (κ3) is 4.07. The van der Waals surface area contributed by atoms with Gasteiger partial charge < -0.3 is 15.5 Å². The fraction of sp³-hybridized carbons (Fsp3) is 0.471. The van der Waals surface area contributed by atoms with Gasteiger partial charge in [-0.15, -0.1) is 10.2 Å². The maximum atomic E-state index is 12.1. The molecule has 0 atom stereocenters. The summed E-state index contributed by atoms with van der Waals surface area (Å²) in [4.78, 5) is 14.0. The largest absolute Gasteiger partial charge is 0.485 e. The van der Waals surface area contributed by atoms with E-state index in [1.165, 1.54) is 16.4 Å². The van der Waals surface area contributed by atoms with Gasteiger partial charge in [-0.2, -0.15) is 0 Å². The van der Waals surface area contributed by atoms with Crippen LogP contribution in [0.25, 0.3) is 0 Å². The lowest BCUT2D eigenvalue weighted by molar-refractivity contribution is -0.127. The average molecular weight is 361 g/mol. The minimum Gasteiger partial charge on any atom is -0.485 e. The molecule has 1 amide bonds. The third-order valence-corrected chi connectivity index (χ3v) is 5.20. The minimum atomic E-state index is 0.124. The van der Waals surface area contributed by atoms with Crippen molar-refractivity contribution in [2.45, 2.75) is 38.5 Å². The fourth-order valence-corrected chi connectivity index (χ4v) is 3.63. The van der Waals surface area contributed by atoms with Crippen molar-refractivity contribution in [3.8, 4) is 5.75 Å². The van der Waals surface area contributed by atoms with E-state index in [1.54, 1.807) is 0 Å². The molecule has 2 aromatic rings. The summed E-state index contributed by atoms with van der Waals surface area (Å²) in [5, 5.41) is 8.68. The Morgan fingerprint density at radius 1 is 1.24 bits per heavy atom. The van der Waals surface area contributed by atoms with E-state index in [0.717, 1.165) is 42.8 Å². The van der Waals surface area contributed by atoms with Crippen LogP contribution < -0.4 is 10.6 Å². The van der Waals surface area contributed by atoms with Crippen LogP contribution in [0.4, 0.5) is 0 Å². The zero-order valence-corrected chi connectivity index (χ0v) is 15.4. The van der Waals surface area contributed by atoms with Crippen molar-refractivity contribution in [1.29, 1.82) is 0 Å². The number of aromatic nitrogens is 3. The van der Waals surface area contributed by atoms with Crippen LogP contribution in [-0.2, 0) is 11.4 Å². The average Bonchev–Trinajstić information content (AvgIpc) is 3.23. The molecule has 134 valence electrons. The Morgan fingerprint density at radius 3 is 2.60 bits per heavy atom. The molecule has 1 aliphatic rings. The number of amides is 1. The van der Waals surface area contributed by atoms with E-state index in [4.69, 9.17) is 10.6 Å². The van der Waals surface area contributed by atoms with E-state index < -0.39 is 0 Å². The summed E-state index contributed by atoms with van der Waals surface area (Å²) in [6, 6.07) is 6.00. The number of ether oxygens (including phenoxy) is 1. The minimum absolute atomic E-state index is 0.124. The molecule has 0 bridgehead atoms. The summed E-state index contributed by atoms with van der Waals surface area (Å²) < 4.78 is 7.27. The summed E-state index contributed by atoms with van der Waals surface area (Å²) in [7, 11) is 0. The second-order valence-electron chi connectivity index (χ2n) is 6.15. The van der Waals surface area contributed by atoms with Gasteiger partial charge in [-0.1, -0.05) is 30.0 Å². The third-order valence-electron chi connectivity index (χ3n) is 4.27. The number of benzene rings is 1. The van der Waals surface area contributed by atoms with Crippen molar-refractivity contribution in [2.75, 3.05) is 24.7 Å². The first-order valence-corrected chi connectivity index (χ1v) is 9.34. The van der Waals surface area contributed by atoms with Crippen molar-refractivity contribution in [2.24, 2.45) is 0 Å². The van der Waals surface area contributed by atoms with E-state index in [0.29, 0.717) is 16.7 Å². The van der Waals surface area contributed by atoms with Crippen molar-refractivity contribution in [3.63, 3.8) is 0 Å². The van der Waals surface area contributed by atoms with Crippen LogP contribution in [0, 0.1) is 13.8 Å². The Balaban J connectivity index is 1.58. The van der Waals surface area contributed by atoms with Crippen LogP contribution in [0.15, 0.2) is 23.4 Å². The first-order valence-electron chi connectivity index (χ1n) is 8.35. The topological polar surface area (TPSA) is 86.3 Å². The maximum Gasteiger partial charge on any atom is 0.233 e. The lowest BCUT2D eigenvalue weighted by Crippen LogP contribution is -2.29. The van der Waals surface area contributed by atoms with Crippen LogP contribution in [0.1, 0.15) is 29.8 Å². The molecule has 1 saturated heterocycles. The summed E-state index contributed by atoms with van der Waals surface area (Å²) in [6.45, 7) is 5.94. The van der Waals surface area contributed by atoms with Crippen molar-refractivity contribution >= 4 is 17.7 Å². The molecular weight excluding hydrogens is 338 g/mol. The van der Waals surface area contributed by atoms with Gasteiger partial charge in [0.25, 0.3) is 0 Å². The van der Waals surface area contributed by atoms with Gasteiger partial charge >= 0.3 is 0 Å². The smallest absolute Gasteiger partial charge is 0.233 e. The fourth-order valence-electron chi connectivity index (χ4n) is 2.85. The summed E-state index contributed by atoms with van der Waals surface area (Å²) in [5.41, 5.74) is 2.13. The normalized spacial score (nSPS) is 14.1. The van der Waals surface area contributed by atoms with Crippen LogP contribution in [0.3, 0.4) is 0 Å². The van der Waals surface area contributed by atoms with Gasteiger partial charge in [0.15, 0.2) is 5.82 Å². The molecule has 7 nitrogen and oxygen atoms in total. The molecule has 25 heavy (non-hydrogen) atoms. The van der Waals surface area contributed by atoms with Gasteiger partial charge in [-0.3, -0.25) is 4.79 Å². The number of likely N-dealkylation sites (tertiary alicyclic amines) is 1. The molecule has 1 aliphatic heterocycles. The molecule has 0 radical (unpaired) electrons. The van der Waals surface area contributed by atoms with Crippen LogP contribution in [0.5, 0.6) is 5.75 Å². The highest BCUT2D eigenvalue weighted by molar-refractivity contribution is 7.99. The van der Waals surface area contributed by atoms with E-state index >= 15 is 0 Å². The van der Waals surface area contributed by atoms with Gasteiger partial charge in [-0.05, 0) is 37.8 Å². The van der Waals surface area contributed by atoms with Crippen LogP contribution in [-0.4, -0.2) is 44.5 Å². The molecular formula is C17H23N5O2S. The summed E-state index contributed by atoms with van der Waals surface area (Å²) in [6.07, 6.45) is 2.17. The molecule has 1 fully saturated rings. The Labute approximate surface area is 151 Å². The Kier molecular flexibility index (Phi) is 5.47. The summed E-state index contributed by atoms with van der Waals surface area (Å²) >= 11 is 1.31. The highest BCUT2D eigenvalue weighted by atomic mass is 32.2. The zero-order valence-electron chi connectivity index (χ0n) is 14.6. The molecule has 8 heteroatoms. The Hall–Kier alpha value is -2.22. The van der Waals surface area contributed by atoms with Crippen molar-refractivity contribution in [3.05, 3.63) is 35.2 Å². The van der Waals surface area contributed by atoms with E-state index in [2.05, 4.69) is 10.2 Å². The number of para-hydroxylation sites is 1. The van der Waals surface area contributed by atoms with E-state index in [9.17, 15) is 4.79 Å².